The van der Waals surface area contributed by atoms with Crippen LogP contribution in [0.4, 0.5) is 0 Å². The van der Waals surface area contributed by atoms with Gasteiger partial charge in [-0.1, -0.05) is 0 Å². The van der Waals surface area contributed by atoms with E-state index in [1.165, 1.54) is 6.20 Å². The normalized spacial score (nSPS) is 21.7. The molecule has 1 unspecified atom stereocenters. The predicted molar refractivity (Wildman–Crippen MR) is 73.4 cm³/mol. The number of rotatable bonds is 4. The minimum absolute atomic E-state index is 0.333. The maximum atomic E-state index is 12.6. The largest absolute Gasteiger partial charge is 0.319 e. The van der Waals surface area contributed by atoms with E-state index in [1.54, 1.807) is 23.0 Å². The monoisotopic (exact) mass is 286 g/mol. The molecule has 1 aromatic rings. The Bertz CT molecular complexity index is 536. The fourth-order valence-electron chi connectivity index (χ4n) is 2.57. The molecule has 0 amide bonds. The van der Waals surface area contributed by atoms with E-state index in [9.17, 15) is 8.42 Å². The lowest BCUT2D eigenvalue weighted by Crippen LogP contribution is -2.42. The summed E-state index contributed by atoms with van der Waals surface area (Å²) in [4.78, 5) is 0.333. The van der Waals surface area contributed by atoms with E-state index < -0.39 is 10.0 Å². The van der Waals surface area contributed by atoms with Crippen molar-refractivity contribution in [1.29, 1.82) is 0 Å². The van der Waals surface area contributed by atoms with E-state index in [0.29, 0.717) is 29.6 Å². The van der Waals surface area contributed by atoms with Crippen molar-refractivity contribution in [1.82, 2.24) is 19.4 Å². The van der Waals surface area contributed by atoms with E-state index in [0.717, 1.165) is 19.4 Å². The summed E-state index contributed by atoms with van der Waals surface area (Å²) >= 11 is 0. The number of aryl methyl sites for hydroxylation is 1. The first-order valence-corrected chi connectivity index (χ1v) is 8.04. The Hall–Kier alpha value is -0.920. The molecule has 108 valence electrons. The van der Waals surface area contributed by atoms with Crippen molar-refractivity contribution in [2.24, 2.45) is 13.0 Å². The number of piperidine rings is 1. The molecule has 1 N–H and O–H groups in total. The molecule has 0 radical (unpaired) electrons. The van der Waals surface area contributed by atoms with E-state index in [4.69, 9.17) is 0 Å². The quantitative estimate of drug-likeness (QED) is 0.867. The molecule has 2 rings (SSSR count). The van der Waals surface area contributed by atoms with Crippen LogP contribution in [0, 0.1) is 12.8 Å². The van der Waals surface area contributed by atoms with Gasteiger partial charge in [-0.15, -0.1) is 0 Å². The molecule has 0 aliphatic carbocycles. The van der Waals surface area contributed by atoms with Crippen LogP contribution in [-0.2, 0) is 17.1 Å². The van der Waals surface area contributed by atoms with Crippen molar-refractivity contribution in [2.75, 3.05) is 26.7 Å². The molecule has 0 aromatic carbocycles. The first kappa shape index (κ1) is 14.5. The molecule has 0 saturated carbocycles. The van der Waals surface area contributed by atoms with Crippen molar-refractivity contribution in [2.45, 2.75) is 24.7 Å². The van der Waals surface area contributed by atoms with Crippen LogP contribution in [0.5, 0.6) is 0 Å². The Morgan fingerprint density at radius 2 is 2.26 bits per heavy atom. The van der Waals surface area contributed by atoms with Gasteiger partial charge in [0, 0.05) is 20.1 Å². The molecular formula is C12H22N4O2S. The third-order valence-corrected chi connectivity index (χ3v) is 5.75. The minimum Gasteiger partial charge on any atom is -0.319 e. The Kier molecular flexibility index (Phi) is 4.27. The van der Waals surface area contributed by atoms with Crippen molar-refractivity contribution >= 4 is 10.0 Å². The van der Waals surface area contributed by atoms with Gasteiger partial charge in [-0.3, -0.25) is 4.68 Å². The lowest BCUT2D eigenvalue weighted by molar-refractivity contribution is 0.263. The van der Waals surface area contributed by atoms with Crippen molar-refractivity contribution in [3.63, 3.8) is 0 Å². The molecule has 1 fully saturated rings. The number of nitrogens with one attached hydrogen (secondary N) is 1. The Morgan fingerprint density at radius 3 is 2.84 bits per heavy atom. The Labute approximate surface area is 114 Å². The van der Waals surface area contributed by atoms with Gasteiger partial charge in [0.2, 0.25) is 10.0 Å². The van der Waals surface area contributed by atoms with Crippen molar-refractivity contribution in [3.05, 3.63) is 11.9 Å². The topological polar surface area (TPSA) is 67.2 Å². The third kappa shape index (κ3) is 2.82. The van der Waals surface area contributed by atoms with Crippen LogP contribution >= 0.6 is 0 Å². The maximum absolute atomic E-state index is 12.6. The zero-order valence-corrected chi connectivity index (χ0v) is 12.6. The number of hydrogen-bond acceptors (Lipinski definition) is 4. The molecule has 1 aromatic heterocycles. The van der Waals surface area contributed by atoms with E-state index in [1.807, 2.05) is 7.05 Å². The van der Waals surface area contributed by atoms with E-state index in [2.05, 4.69) is 10.4 Å². The fourth-order valence-corrected chi connectivity index (χ4v) is 4.31. The molecule has 0 spiro atoms. The average Bonchev–Trinajstić information content (AvgIpc) is 2.71. The van der Waals surface area contributed by atoms with Gasteiger partial charge in [0.25, 0.3) is 0 Å². The van der Waals surface area contributed by atoms with Gasteiger partial charge in [0.15, 0.2) is 0 Å². The standard InChI is InChI=1S/C12H22N4O2S/c1-10-12(8-14-15(10)3)19(17,18)16-6-4-5-11(9-16)7-13-2/h8,11,13H,4-7,9H2,1-3H3. The second-order valence-corrected chi connectivity index (χ2v) is 7.05. The molecule has 2 heterocycles. The molecule has 1 atom stereocenters. The molecule has 1 saturated heterocycles. The maximum Gasteiger partial charge on any atom is 0.246 e. The number of hydrogen-bond donors (Lipinski definition) is 1. The van der Waals surface area contributed by atoms with Gasteiger partial charge in [-0.2, -0.15) is 9.40 Å². The smallest absolute Gasteiger partial charge is 0.246 e. The molecule has 1 aliphatic heterocycles. The van der Waals surface area contributed by atoms with Crippen LogP contribution in [-0.4, -0.2) is 49.2 Å². The van der Waals surface area contributed by atoms with Crippen molar-refractivity contribution < 1.29 is 8.42 Å². The molecule has 7 heteroatoms. The van der Waals surface area contributed by atoms with E-state index in [-0.39, 0.29) is 0 Å². The molecule has 1 aliphatic rings. The summed E-state index contributed by atoms with van der Waals surface area (Å²) in [5.41, 5.74) is 0.690. The van der Waals surface area contributed by atoms with Gasteiger partial charge in [0.05, 0.1) is 11.9 Å². The second kappa shape index (κ2) is 5.60. The molecule has 6 nitrogen and oxygen atoms in total. The van der Waals surface area contributed by atoms with Crippen LogP contribution in [0.2, 0.25) is 0 Å². The summed E-state index contributed by atoms with van der Waals surface area (Å²) in [5, 5.41) is 7.16. The number of aromatic nitrogens is 2. The van der Waals surface area contributed by atoms with Crippen LogP contribution in [0.15, 0.2) is 11.1 Å². The zero-order valence-electron chi connectivity index (χ0n) is 11.8. The van der Waals surface area contributed by atoms with Gasteiger partial charge in [-0.25, -0.2) is 8.42 Å². The second-order valence-electron chi connectivity index (χ2n) is 5.15. The Balaban J connectivity index is 2.22. The number of nitrogens with zero attached hydrogens (tertiary/aromatic N) is 3. The van der Waals surface area contributed by atoms with Gasteiger partial charge >= 0.3 is 0 Å². The van der Waals surface area contributed by atoms with Crippen molar-refractivity contribution in [3.8, 4) is 0 Å². The van der Waals surface area contributed by atoms with Crippen LogP contribution < -0.4 is 5.32 Å². The first-order chi connectivity index (χ1) is 8.96. The molecular weight excluding hydrogens is 264 g/mol. The highest BCUT2D eigenvalue weighted by molar-refractivity contribution is 7.89. The van der Waals surface area contributed by atoms with E-state index >= 15 is 0 Å². The van der Waals surface area contributed by atoms with Gasteiger partial charge < -0.3 is 5.32 Å². The van der Waals surface area contributed by atoms with Gasteiger partial charge in [0.1, 0.15) is 4.90 Å². The van der Waals surface area contributed by atoms with Gasteiger partial charge in [-0.05, 0) is 39.3 Å². The summed E-state index contributed by atoms with van der Waals surface area (Å²) in [7, 11) is 0.259. The Morgan fingerprint density at radius 1 is 1.53 bits per heavy atom. The average molecular weight is 286 g/mol. The summed E-state index contributed by atoms with van der Waals surface area (Å²) in [6.45, 7) is 3.85. The summed E-state index contributed by atoms with van der Waals surface area (Å²) in [6.07, 6.45) is 3.45. The lowest BCUT2D eigenvalue weighted by atomic mass is 10.00. The molecule has 0 bridgehead atoms. The minimum atomic E-state index is -3.40. The highest BCUT2D eigenvalue weighted by Crippen LogP contribution is 2.24. The highest BCUT2D eigenvalue weighted by Gasteiger charge is 2.32. The summed E-state index contributed by atoms with van der Waals surface area (Å²) in [5.74, 6) is 0.394. The third-order valence-electron chi connectivity index (χ3n) is 3.78. The summed E-state index contributed by atoms with van der Waals surface area (Å²) in [6, 6.07) is 0. The predicted octanol–water partition coefficient (Wildman–Crippen LogP) is 0.349. The lowest BCUT2D eigenvalue weighted by Gasteiger charge is -2.31. The van der Waals surface area contributed by atoms with Crippen LogP contribution in [0.25, 0.3) is 0 Å². The zero-order chi connectivity index (χ0) is 14.0. The highest BCUT2D eigenvalue weighted by atomic mass is 32.2. The van der Waals surface area contributed by atoms with Crippen LogP contribution in [0.1, 0.15) is 18.5 Å². The molecule has 19 heavy (non-hydrogen) atoms. The fraction of sp³-hybridized carbons (Fsp3) is 0.750. The van der Waals surface area contributed by atoms with Crippen LogP contribution in [0.3, 0.4) is 0 Å². The number of sulfonamides is 1. The SMILES string of the molecule is CNCC1CCCN(S(=O)(=O)c2cnn(C)c2C)C1. The summed E-state index contributed by atoms with van der Waals surface area (Å²) < 4.78 is 28.4. The first-order valence-electron chi connectivity index (χ1n) is 6.60.